The topological polar surface area (TPSA) is 50.4 Å². The van der Waals surface area contributed by atoms with Crippen LogP contribution in [0, 0.1) is 6.92 Å². The van der Waals surface area contributed by atoms with Crippen LogP contribution in [0.2, 0.25) is 0 Å². The van der Waals surface area contributed by atoms with Crippen LogP contribution in [-0.2, 0) is 9.53 Å². The van der Waals surface area contributed by atoms with Gasteiger partial charge in [0, 0.05) is 30.7 Å². The highest BCUT2D eigenvalue weighted by molar-refractivity contribution is 7.97. The molecule has 0 radical (unpaired) electrons. The maximum Gasteiger partial charge on any atom is 0.221 e. The Morgan fingerprint density at radius 1 is 1.53 bits per heavy atom. The number of ether oxygens (including phenoxy) is 1. The fourth-order valence-electron chi connectivity index (χ4n) is 2.05. The molecule has 0 aromatic heterocycles. The number of rotatable bonds is 5. The van der Waals surface area contributed by atoms with E-state index in [1.807, 2.05) is 19.1 Å². The SMILES string of the molecule is CC(=O)Nc1ccc(SNCC2CCCO2)cc1C. The number of hydrogen-bond donors (Lipinski definition) is 2. The van der Waals surface area contributed by atoms with Crippen molar-refractivity contribution in [1.29, 1.82) is 0 Å². The lowest BCUT2D eigenvalue weighted by Gasteiger charge is -2.11. The van der Waals surface area contributed by atoms with E-state index in [-0.39, 0.29) is 5.91 Å². The summed E-state index contributed by atoms with van der Waals surface area (Å²) in [6, 6.07) is 6.01. The predicted molar refractivity (Wildman–Crippen MR) is 78.3 cm³/mol. The second-order valence-electron chi connectivity index (χ2n) is 4.74. The van der Waals surface area contributed by atoms with Gasteiger partial charge in [0.25, 0.3) is 0 Å². The van der Waals surface area contributed by atoms with Gasteiger partial charge in [-0.1, -0.05) is 0 Å². The zero-order valence-corrected chi connectivity index (χ0v) is 12.2. The van der Waals surface area contributed by atoms with Crippen molar-refractivity contribution in [3.8, 4) is 0 Å². The minimum absolute atomic E-state index is 0.0417. The van der Waals surface area contributed by atoms with E-state index in [2.05, 4.69) is 16.1 Å². The Balaban J connectivity index is 1.83. The first-order valence-corrected chi connectivity index (χ1v) is 7.36. The number of aryl methyl sites for hydroxylation is 1. The summed E-state index contributed by atoms with van der Waals surface area (Å²) in [4.78, 5) is 12.2. The van der Waals surface area contributed by atoms with Crippen molar-refractivity contribution < 1.29 is 9.53 Å². The van der Waals surface area contributed by atoms with Crippen LogP contribution in [0.15, 0.2) is 23.1 Å². The van der Waals surface area contributed by atoms with Crippen LogP contribution in [-0.4, -0.2) is 25.2 Å². The normalized spacial score (nSPS) is 18.5. The number of carbonyl (C=O) groups is 1. The van der Waals surface area contributed by atoms with Crippen LogP contribution in [0.1, 0.15) is 25.3 Å². The van der Waals surface area contributed by atoms with Crippen molar-refractivity contribution in [3.63, 3.8) is 0 Å². The number of benzene rings is 1. The van der Waals surface area contributed by atoms with E-state index in [4.69, 9.17) is 4.74 Å². The number of hydrogen-bond acceptors (Lipinski definition) is 4. The van der Waals surface area contributed by atoms with E-state index in [1.54, 1.807) is 11.9 Å². The van der Waals surface area contributed by atoms with Gasteiger partial charge in [-0.3, -0.25) is 9.52 Å². The summed E-state index contributed by atoms with van der Waals surface area (Å²) in [5.41, 5.74) is 1.94. The van der Waals surface area contributed by atoms with Gasteiger partial charge in [0.15, 0.2) is 0 Å². The highest BCUT2D eigenvalue weighted by Crippen LogP contribution is 2.22. The molecule has 0 aliphatic carbocycles. The van der Waals surface area contributed by atoms with Crippen molar-refractivity contribution in [2.75, 3.05) is 18.5 Å². The van der Waals surface area contributed by atoms with Gasteiger partial charge in [-0.05, 0) is 55.5 Å². The largest absolute Gasteiger partial charge is 0.377 e. The molecule has 2 N–H and O–H groups in total. The lowest BCUT2D eigenvalue weighted by atomic mass is 10.2. The van der Waals surface area contributed by atoms with E-state index in [0.29, 0.717) is 6.10 Å². The van der Waals surface area contributed by atoms with Gasteiger partial charge in [0.05, 0.1) is 6.10 Å². The zero-order chi connectivity index (χ0) is 13.7. The van der Waals surface area contributed by atoms with Gasteiger partial charge in [0.2, 0.25) is 5.91 Å². The first kappa shape index (κ1) is 14.4. The summed E-state index contributed by atoms with van der Waals surface area (Å²) < 4.78 is 8.89. The van der Waals surface area contributed by atoms with Crippen LogP contribution in [0.5, 0.6) is 0 Å². The molecule has 104 valence electrons. The minimum Gasteiger partial charge on any atom is -0.377 e. The smallest absolute Gasteiger partial charge is 0.221 e. The molecule has 0 spiro atoms. The van der Waals surface area contributed by atoms with Gasteiger partial charge in [0.1, 0.15) is 0 Å². The molecule has 4 nitrogen and oxygen atoms in total. The third-order valence-corrected chi connectivity index (χ3v) is 3.83. The quantitative estimate of drug-likeness (QED) is 0.814. The molecule has 5 heteroatoms. The van der Waals surface area contributed by atoms with E-state index < -0.39 is 0 Å². The summed E-state index contributed by atoms with van der Waals surface area (Å²) in [5, 5.41) is 2.81. The predicted octanol–water partition coefficient (Wildman–Crippen LogP) is 2.73. The third kappa shape index (κ3) is 4.53. The summed E-state index contributed by atoms with van der Waals surface area (Å²) in [7, 11) is 0. The van der Waals surface area contributed by atoms with Crippen molar-refractivity contribution in [3.05, 3.63) is 23.8 Å². The van der Waals surface area contributed by atoms with Crippen LogP contribution >= 0.6 is 11.9 Å². The Morgan fingerprint density at radius 2 is 2.37 bits per heavy atom. The summed E-state index contributed by atoms with van der Waals surface area (Å²) >= 11 is 1.61. The Bertz CT molecular complexity index is 445. The van der Waals surface area contributed by atoms with E-state index in [0.717, 1.165) is 35.7 Å². The monoisotopic (exact) mass is 280 g/mol. The standard InChI is InChI=1S/C14H20N2O2S/c1-10-8-13(5-6-14(10)16-11(2)17)19-15-9-12-4-3-7-18-12/h5-6,8,12,15H,3-4,7,9H2,1-2H3,(H,16,17). The van der Waals surface area contributed by atoms with Crippen LogP contribution in [0.3, 0.4) is 0 Å². The van der Waals surface area contributed by atoms with Crippen LogP contribution < -0.4 is 10.0 Å². The molecule has 1 fully saturated rings. The van der Waals surface area contributed by atoms with Crippen LogP contribution in [0.25, 0.3) is 0 Å². The number of anilines is 1. The molecular formula is C14H20N2O2S. The summed E-state index contributed by atoms with van der Waals surface area (Å²) in [6.45, 7) is 5.28. The molecule has 1 amide bonds. The molecule has 1 aliphatic rings. The molecule has 1 unspecified atom stereocenters. The maximum absolute atomic E-state index is 11.0. The number of amides is 1. The Hall–Kier alpha value is -1.04. The van der Waals surface area contributed by atoms with Gasteiger partial charge < -0.3 is 10.1 Å². The molecular weight excluding hydrogens is 260 g/mol. The van der Waals surface area contributed by atoms with Crippen molar-refractivity contribution in [1.82, 2.24) is 4.72 Å². The lowest BCUT2D eigenvalue weighted by Crippen LogP contribution is -2.20. The van der Waals surface area contributed by atoms with Gasteiger partial charge in [-0.2, -0.15) is 0 Å². The molecule has 1 aromatic rings. The molecule has 1 atom stereocenters. The van der Waals surface area contributed by atoms with E-state index in [9.17, 15) is 4.79 Å². The fourth-order valence-corrected chi connectivity index (χ4v) is 2.86. The highest BCUT2D eigenvalue weighted by atomic mass is 32.2. The Labute approximate surface area is 118 Å². The first-order chi connectivity index (χ1) is 9.15. The minimum atomic E-state index is -0.0417. The highest BCUT2D eigenvalue weighted by Gasteiger charge is 2.14. The van der Waals surface area contributed by atoms with E-state index >= 15 is 0 Å². The van der Waals surface area contributed by atoms with Gasteiger partial charge in [-0.25, -0.2) is 0 Å². The number of carbonyl (C=O) groups excluding carboxylic acids is 1. The molecule has 1 saturated heterocycles. The molecule has 2 rings (SSSR count). The second-order valence-corrected chi connectivity index (χ2v) is 5.71. The number of nitrogens with one attached hydrogen (secondary N) is 2. The third-order valence-electron chi connectivity index (χ3n) is 3.03. The van der Waals surface area contributed by atoms with Gasteiger partial charge in [-0.15, -0.1) is 0 Å². The average Bonchev–Trinajstić information content (AvgIpc) is 2.85. The molecule has 1 heterocycles. The van der Waals surface area contributed by atoms with Gasteiger partial charge >= 0.3 is 0 Å². The summed E-state index contributed by atoms with van der Waals surface area (Å²) in [6.07, 6.45) is 2.67. The Morgan fingerprint density at radius 3 is 3.00 bits per heavy atom. The molecule has 1 aliphatic heterocycles. The molecule has 0 saturated carbocycles. The second kappa shape index (κ2) is 6.93. The van der Waals surface area contributed by atoms with Crippen LogP contribution in [0.4, 0.5) is 5.69 Å². The Kier molecular flexibility index (Phi) is 5.24. The molecule has 19 heavy (non-hydrogen) atoms. The van der Waals surface area contributed by atoms with Crippen molar-refractivity contribution in [2.45, 2.75) is 37.7 Å². The molecule has 0 bridgehead atoms. The summed E-state index contributed by atoms with van der Waals surface area (Å²) in [5.74, 6) is -0.0417. The first-order valence-electron chi connectivity index (χ1n) is 6.54. The fraction of sp³-hybridized carbons (Fsp3) is 0.500. The van der Waals surface area contributed by atoms with Crippen molar-refractivity contribution >= 4 is 23.5 Å². The van der Waals surface area contributed by atoms with E-state index in [1.165, 1.54) is 13.3 Å². The van der Waals surface area contributed by atoms with Crippen molar-refractivity contribution in [2.24, 2.45) is 0 Å². The molecule has 1 aromatic carbocycles. The lowest BCUT2D eigenvalue weighted by molar-refractivity contribution is -0.114. The zero-order valence-electron chi connectivity index (χ0n) is 11.4. The maximum atomic E-state index is 11.0. The average molecular weight is 280 g/mol.